The van der Waals surface area contributed by atoms with Crippen molar-refractivity contribution in [2.24, 2.45) is 5.92 Å². The molecule has 0 aliphatic carbocycles. The van der Waals surface area contributed by atoms with Gasteiger partial charge in [0.1, 0.15) is 5.82 Å². The van der Waals surface area contributed by atoms with E-state index in [0.29, 0.717) is 31.3 Å². The van der Waals surface area contributed by atoms with Crippen LogP contribution in [0, 0.1) is 11.7 Å². The summed E-state index contributed by atoms with van der Waals surface area (Å²) in [5.41, 5.74) is 0.618. The molecular formula is C20H19F4N3O. The lowest BCUT2D eigenvalue weighted by Gasteiger charge is -2.33. The third kappa shape index (κ3) is 4.88. The highest BCUT2D eigenvalue weighted by Crippen LogP contribution is 2.32. The Morgan fingerprint density at radius 1 is 1.32 bits per heavy atom. The number of hydrogen-bond donors (Lipinski definition) is 1. The fraction of sp³-hybridized carbons (Fsp3) is 0.300. The van der Waals surface area contributed by atoms with Crippen LogP contribution in [0.15, 0.2) is 48.3 Å². The van der Waals surface area contributed by atoms with Gasteiger partial charge in [0.15, 0.2) is 0 Å². The average molecular weight is 393 g/mol. The lowest BCUT2D eigenvalue weighted by molar-refractivity contribution is -0.137. The number of carbonyl (C=O) groups excluding carboxylic acids is 1. The fourth-order valence-electron chi connectivity index (χ4n) is 3.16. The van der Waals surface area contributed by atoms with Crippen molar-refractivity contribution in [3.63, 3.8) is 0 Å². The summed E-state index contributed by atoms with van der Waals surface area (Å²) in [7, 11) is 0. The predicted molar refractivity (Wildman–Crippen MR) is 98.0 cm³/mol. The summed E-state index contributed by atoms with van der Waals surface area (Å²) in [5, 5.41) is 2.76. The largest absolute Gasteiger partial charge is 0.416 e. The number of benzene rings is 1. The molecule has 2 amide bonds. The number of rotatable bonds is 2. The van der Waals surface area contributed by atoms with Crippen molar-refractivity contribution < 1.29 is 22.4 Å². The number of pyridine rings is 1. The van der Waals surface area contributed by atoms with E-state index in [4.69, 9.17) is 0 Å². The van der Waals surface area contributed by atoms with E-state index in [-0.39, 0.29) is 17.5 Å². The first-order valence-corrected chi connectivity index (χ1v) is 8.76. The van der Waals surface area contributed by atoms with Gasteiger partial charge in [-0.05, 0) is 48.2 Å². The lowest BCUT2D eigenvalue weighted by atomic mass is 9.91. The molecule has 8 heteroatoms. The van der Waals surface area contributed by atoms with Gasteiger partial charge in [-0.2, -0.15) is 13.2 Å². The highest BCUT2D eigenvalue weighted by atomic mass is 19.4. The van der Waals surface area contributed by atoms with Crippen molar-refractivity contribution in [3.05, 3.63) is 65.2 Å². The minimum Gasteiger partial charge on any atom is -0.324 e. The number of anilines is 1. The van der Waals surface area contributed by atoms with Crippen molar-refractivity contribution in [2.45, 2.75) is 19.5 Å². The monoisotopic (exact) mass is 393 g/mol. The second-order valence-electron chi connectivity index (χ2n) is 6.76. The first kappa shape index (κ1) is 19.9. The average Bonchev–Trinajstić information content (AvgIpc) is 2.63. The van der Waals surface area contributed by atoms with Crippen LogP contribution in [0.25, 0.3) is 6.08 Å². The number of alkyl halides is 3. The molecule has 0 spiro atoms. The van der Waals surface area contributed by atoms with Gasteiger partial charge in [0.25, 0.3) is 0 Å². The molecule has 1 aromatic carbocycles. The van der Waals surface area contributed by atoms with Crippen LogP contribution in [0.4, 0.5) is 28.0 Å². The standard InChI is InChI=1S/C20H19F4N3O/c1-13-12-27(19(28)26-18-3-2-5-25-11-18)6-4-15(13)7-14-8-16(20(22,23)24)10-17(21)9-14/h2-3,5,7-11,13H,4,6,12H2,1H3,(H,26,28)/b15-7+. The Bertz CT molecular complexity index is 881. The van der Waals surface area contributed by atoms with Gasteiger partial charge in [0, 0.05) is 19.3 Å². The number of aromatic nitrogens is 1. The number of nitrogens with one attached hydrogen (secondary N) is 1. The lowest BCUT2D eigenvalue weighted by Crippen LogP contribution is -2.42. The smallest absolute Gasteiger partial charge is 0.324 e. The summed E-state index contributed by atoms with van der Waals surface area (Å²) < 4.78 is 52.2. The van der Waals surface area contributed by atoms with Crippen LogP contribution in [0.2, 0.25) is 0 Å². The number of likely N-dealkylation sites (tertiary alicyclic amines) is 1. The molecule has 1 aliphatic rings. The first-order chi connectivity index (χ1) is 13.2. The Labute approximate surface area is 159 Å². The van der Waals surface area contributed by atoms with Gasteiger partial charge in [0.05, 0.1) is 17.4 Å². The number of nitrogens with zero attached hydrogens (tertiary/aromatic N) is 2. The number of carbonyl (C=O) groups is 1. The Morgan fingerprint density at radius 3 is 2.75 bits per heavy atom. The minimum absolute atomic E-state index is 0.0639. The van der Waals surface area contributed by atoms with Crippen LogP contribution in [0.5, 0.6) is 0 Å². The summed E-state index contributed by atoms with van der Waals surface area (Å²) in [6.45, 7) is 2.72. The van der Waals surface area contributed by atoms with E-state index in [9.17, 15) is 22.4 Å². The zero-order valence-electron chi connectivity index (χ0n) is 15.1. The molecule has 3 rings (SSSR count). The Hall–Kier alpha value is -2.90. The molecule has 1 unspecified atom stereocenters. The van der Waals surface area contributed by atoms with Crippen molar-refractivity contribution in [1.29, 1.82) is 0 Å². The van der Waals surface area contributed by atoms with Gasteiger partial charge in [-0.25, -0.2) is 9.18 Å². The molecule has 0 bridgehead atoms. The van der Waals surface area contributed by atoms with Crippen LogP contribution in [-0.4, -0.2) is 29.0 Å². The molecule has 1 saturated heterocycles. The fourth-order valence-corrected chi connectivity index (χ4v) is 3.16. The summed E-state index contributed by atoms with van der Waals surface area (Å²) >= 11 is 0. The Morgan fingerprint density at radius 2 is 2.11 bits per heavy atom. The van der Waals surface area contributed by atoms with Crippen LogP contribution >= 0.6 is 0 Å². The molecule has 148 valence electrons. The topological polar surface area (TPSA) is 45.2 Å². The third-order valence-corrected chi connectivity index (χ3v) is 4.60. The van der Waals surface area contributed by atoms with Crippen molar-refractivity contribution in [2.75, 3.05) is 18.4 Å². The number of halogens is 4. The molecule has 1 fully saturated rings. The maximum atomic E-state index is 13.6. The molecule has 2 heterocycles. The maximum absolute atomic E-state index is 13.6. The van der Waals surface area contributed by atoms with Gasteiger partial charge in [-0.1, -0.05) is 18.6 Å². The van der Waals surface area contributed by atoms with Crippen molar-refractivity contribution >= 4 is 17.8 Å². The summed E-state index contributed by atoms with van der Waals surface area (Å²) in [4.78, 5) is 17.9. The van der Waals surface area contributed by atoms with Gasteiger partial charge in [-0.3, -0.25) is 4.98 Å². The van der Waals surface area contributed by atoms with Crippen LogP contribution in [0.3, 0.4) is 0 Å². The van der Waals surface area contributed by atoms with E-state index >= 15 is 0 Å². The zero-order chi connectivity index (χ0) is 20.3. The van der Waals surface area contributed by atoms with E-state index in [1.54, 1.807) is 35.5 Å². The first-order valence-electron chi connectivity index (χ1n) is 8.76. The van der Waals surface area contributed by atoms with Gasteiger partial charge in [0.2, 0.25) is 0 Å². The van der Waals surface area contributed by atoms with Crippen LogP contribution in [0.1, 0.15) is 24.5 Å². The van der Waals surface area contributed by atoms with Crippen LogP contribution in [-0.2, 0) is 6.18 Å². The Balaban J connectivity index is 1.70. The predicted octanol–water partition coefficient (Wildman–Crippen LogP) is 5.20. The third-order valence-electron chi connectivity index (χ3n) is 4.60. The highest BCUT2D eigenvalue weighted by molar-refractivity contribution is 5.89. The quantitative estimate of drug-likeness (QED) is 0.713. The Kier molecular flexibility index (Phi) is 5.67. The molecule has 0 saturated carbocycles. The highest BCUT2D eigenvalue weighted by Gasteiger charge is 2.31. The van der Waals surface area contributed by atoms with E-state index in [1.807, 2.05) is 6.92 Å². The number of hydrogen-bond acceptors (Lipinski definition) is 2. The molecular weight excluding hydrogens is 374 g/mol. The van der Waals surface area contributed by atoms with Gasteiger partial charge >= 0.3 is 12.2 Å². The van der Waals surface area contributed by atoms with Crippen LogP contribution < -0.4 is 5.32 Å². The SMILES string of the molecule is CC1CN(C(=O)Nc2cccnc2)CC/C1=C\c1cc(F)cc(C(F)(F)F)c1. The molecule has 28 heavy (non-hydrogen) atoms. The molecule has 1 atom stereocenters. The number of urea groups is 1. The molecule has 4 nitrogen and oxygen atoms in total. The second kappa shape index (κ2) is 8.00. The number of piperidine rings is 1. The maximum Gasteiger partial charge on any atom is 0.416 e. The number of amides is 2. The normalized spacial score (nSPS) is 19.0. The minimum atomic E-state index is -4.60. The van der Waals surface area contributed by atoms with E-state index in [1.165, 1.54) is 0 Å². The zero-order valence-corrected chi connectivity index (χ0v) is 15.1. The second-order valence-corrected chi connectivity index (χ2v) is 6.76. The van der Waals surface area contributed by atoms with Crippen molar-refractivity contribution in [3.8, 4) is 0 Å². The molecule has 1 N–H and O–H groups in total. The van der Waals surface area contributed by atoms with E-state index in [2.05, 4.69) is 10.3 Å². The van der Waals surface area contributed by atoms with Gasteiger partial charge < -0.3 is 10.2 Å². The summed E-state index contributed by atoms with van der Waals surface area (Å²) in [6, 6.07) is 5.68. The van der Waals surface area contributed by atoms with Crippen molar-refractivity contribution in [1.82, 2.24) is 9.88 Å². The van der Waals surface area contributed by atoms with E-state index < -0.39 is 17.6 Å². The molecule has 1 aliphatic heterocycles. The molecule has 1 aromatic heterocycles. The van der Waals surface area contributed by atoms with Gasteiger partial charge in [-0.15, -0.1) is 0 Å². The molecule has 2 aromatic rings. The molecule has 0 radical (unpaired) electrons. The summed E-state index contributed by atoms with van der Waals surface area (Å²) in [5.74, 6) is -0.992. The summed E-state index contributed by atoms with van der Waals surface area (Å²) in [6.07, 6.45) is 0.624. The van der Waals surface area contributed by atoms with E-state index in [0.717, 1.165) is 17.7 Å².